The predicted molar refractivity (Wildman–Crippen MR) is 88.2 cm³/mol. The Balaban J connectivity index is 0.000000237. The van der Waals surface area contributed by atoms with Gasteiger partial charge >= 0.3 is 6.04 Å². The molecule has 0 amide bonds. The highest BCUT2D eigenvalue weighted by atomic mass is 19.2. The second kappa shape index (κ2) is 8.69. The summed E-state index contributed by atoms with van der Waals surface area (Å²) in [5.74, 6) is -8.20. The summed E-state index contributed by atoms with van der Waals surface area (Å²) in [5.41, 5.74) is 0.715. The Bertz CT molecular complexity index is 968. The van der Waals surface area contributed by atoms with Crippen molar-refractivity contribution in [3.05, 3.63) is 94.6 Å². The Morgan fingerprint density at radius 3 is 1.57 bits per heavy atom. The molecule has 0 aliphatic heterocycles. The molecule has 3 aromatic carbocycles. The summed E-state index contributed by atoms with van der Waals surface area (Å²) in [6.45, 7) is 1.88. The molecule has 0 unspecified atom stereocenters. The van der Waals surface area contributed by atoms with Crippen LogP contribution < -0.4 is 0 Å². The summed E-state index contributed by atoms with van der Waals surface area (Å²) in [4.78, 5) is 10.4. The Morgan fingerprint density at radius 1 is 0.679 bits per heavy atom. The van der Waals surface area contributed by atoms with Gasteiger partial charge in [-0.3, -0.25) is 4.79 Å². The summed E-state index contributed by atoms with van der Waals surface area (Å²) in [5, 5.41) is 0. The molecule has 3 aromatic rings. The van der Waals surface area contributed by atoms with Gasteiger partial charge in [0, 0.05) is 12.1 Å². The van der Waals surface area contributed by atoms with Gasteiger partial charge in [0.1, 0.15) is 23.0 Å². The van der Waals surface area contributed by atoms with Crippen LogP contribution in [0.25, 0.3) is 11.1 Å². The summed E-state index contributed by atoms with van der Waals surface area (Å²) in [6, 6.07) is 7.30. The topological polar surface area (TPSA) is 17.1 Å². The first-order chi connectivity index (χ1) is 13.1. The Hall–Kier alpha value is -3.16. The first-order valence-corrected chi connectivity index (χ1v) is 7.66. The van der Waals surface area contributed by atoms with E-state index in [1.165, 1.54) is 0 Å². The lowest BCUT2D eigenvalue weighted by Gasteiger charge is -2.05. The number of rotatable bonds is 2. The van der Waals surface area contributed by atoms with Crippen LogP contribution in [-0.4, -0.2) is 6.04 Å². The number of benzene rings is 3. The van der Waals surface area contributed by atoms with Crippen LogP contribution in [0.5, 0.6) is 0 Å². The van der Waals surface area contributed by atoms with Gasteiger partial charge in [-0.1, -0.05) is 29.8 Å². The molecule has 8 heteroatoms. The third-order valence-corrected chi connectivity index (χ3v) is 3.57. The first-order valence-electron chi connectivity index (χ1n) is 7.66. The van der Waals surface area contributed by atoms with E-state index in [-0.39, 0.29) is 17.7 Å². The molecule has 0 spiro atoms. The van der Waals surface area contributed by atoms with Gasteiger partial charge < -0.3 is 0 Å². The van der Waals surface area contributed by atoms with Crippen LogP contribution >= 0.6 is 0 Å². The molecule has 0 heterocycles. The van der Waals surface area contributed by atoms with Gasteiger partial charge in [0.25, 0.3) is 0 Å². The molecule has 146 valence electrons. The van der Waals surface area contributed by atoms with Gasteiger partial charge in [0.2, 0.25) is 0 Å². The van der Waals surface area contributed by atoms with Crippen molar-refractivity contribution < 1.29 is 35.5 Å². The monoisotopic (exact) mass is 400 g/mol. The molecule has 1 nitrogen and oxygen atoms in total. The standard InChI is InChI=1S/C14H9F3O.C6H2F4/c1-8-2-4-9(5-3-8)10-6-11(15)13(14(17)18)12(16)7-10;7-3-1-4(8)6(10)5(9)2-3/h2-7H,1H3;1-2H. The van der Waals surface area contributed by atoms with Crippen molar-refractivity contribution in [3.8, 4) is 11.1 Å². The van der Waals surface area contributed by atoms with Crippen LogP contribution in [0.1, 0.15) is 15.9 Å². The lowest BCUT2D eigenvalue weighted by Crippen LogP contribution is -2.01. The fraction of sp³-hybridized carbons (Fsp3) is 0.0500. The van der Waals surface area contributed by atoms with Crippen LogP contribution in [0, 0.1) is 41.8 Å². The molecule has 28 heavy (non-hydrogen) atoms. The predicted octanol–water partition coefficient (Wildman–Crippen LogP) is 6.29. The molecule has 0 aliphatic carbocycles. The van der Waals surface area contributed by atoms with E-state index in [1.807, 2.05) is 6.92 Å². The largest absolute Gasteiger partial charge is 0.338 e. The molecule has 3 rings (SSSR count). The van der Waals surface area contributed by atoms with Crippen LogP contribution in [0.15, 0.2) is 48.5 Å². The molecule has 0 fully saturated rings. The molecule has 0 saturated carbocycles. The molecule has 0 aromatic heterocycles. The third kappa shape index (κ3) is 4.97. The van der Waals surface area contributed by atoms with Gasteiger partial charge in [-0.15, -0.1) is 0 Å². The summed E-state index contributed by atoms with van der Waals surface area (Å²) in [6.07, 6.45) is 0. The van der Waals surface area contributed by atoms with E-state index < -0.39 is 46.5 Å². The molecule has 0 N–H and O–H groups in total. The molecular weight excluding hydrogens is 389 g/mol. The normalized spacial score (nSPS) is 10.3. The SMILES string of the molecule is Cc1ccc(-c2cc(F)c(C(=O)F)c(F)c2)cc1.Fc1cc(F)c(F)c(F)c1. The Kier molecular flexibility index (Phi) is 6.56. The molecule has 0 aliphatic rings. The zero-order valence-electron chi connectivity index (χ0n) is 14.2. The highest BCUT2D eigenvalue weighted by Crippen LogP contribution is 2.25. The third-order valence-electron chi connectivity index (χ3n) is 3.57. The second-order valence-corrected chi connectivity index (χ2v) is 5.64. The number of hydrogen-bond donors (Lipinski definition) is 0. The summed E-state index contributed by atoms with van der Waals surface area (Å²) < 4.78 is 87.2. The van der Waals surface area contributed by atoms with Crippen molar-refractivity contribution in [2.24, 2.45) is 0 Å². The maximum Gasteiger partial charge on any atom is 0.338 e. The lowest BCUT2D eigenvalue weighted by molar-refractivity contribution is 0.0826. The number of aryl methyl sites for hydroxylation is 1. The van der Waals surface area contributed by atoms with E-state index >= 15 is 0 Å². The van der Waals surface area contributed by atoms with Crippen molar-refractivity contribution in [2.75, 3.05) is 0 Å². The van der Waals surface area contributed by atoms with E-state index in [0.29, 0.717) is 5.56 Å². The van der Waals surface area contributed by atoms with Crippen LogP contribution in [0.2, 0.25) is 0 Å². The fourth-order valence-electron chi connectivity index (χ4n) is 2.20. The smallest absolute Gasteiger partial charge is 0.255 e. The van der Waals surface area contributed by atoms with Crippen molar-refractivity contribution >= 4 is 6.04 Å². The Labute approximate surface area is 155 Å². The highest BCUT2D eigenvalue weighted by Gasteiger charge is 2.18. The van der Waals surface area contributed by atoms with Gasteiger partial charge in [-0.25, -0.2) is 26.3 Å². The van der Waals surface area contributed by atoms with E-state index in [9.17, 15) is 35.5 Å². The van der Waals surface area contributed by atoms with E-state index in [0.717, 1.165) is 17.7 Å². The quantitative estimate of drug-likeness (QED) is 0.214. The van der Waals surface area contributed by atoms with E-state index in [1.54, 1.807) is 24.3 Å². The molecular formula is C20H11F7O. The fourth-order valence-corrected chi connectivity index (χ4v) is 2.20. The number of hydrogen-bond acceptors (Lipinski definition) is 1. The molecule has 0 bridgehead atoms. The molecule has 0 radical (unpaired) electrons. The summed E-state index contributed by atoms with van der Waals surface area (Å²) >= 11 is 0. The maximum atomic E-state index is 13.4. The second-order valence-electron chi connectivity index (χ2n) is 5.64. The average Bonchev–Trinajstić information content (AvgIpc) is 2.59. The molecule has 0 atom stereocenters. The van der Waals surface area contributed by atoms with Crippen LogP contribution in [0.3, 0.4) is 0 Å². The van der Waals surface area contributed by atoms with Gasteiger partial charge in [0.05, 0.1) is 0 Å². The maximum absolute atomic E-state index is 13.4. The Morgan fingerprint density at radius 2 is 1.14 bits per heavy atom. The van der Waals surface area contributed by atoms with Crippen molar-refractivity contribution in [3.63, 3.8) is 0 Å². The minimum atomic E-state index is -2.11. The van der Waals surface area contributed by atoms with Crippen molar-refractivity contribution in [1.29, 1.82) is 0 Å². The number of halogens is 7. The van der Waals surface area contributed by atoms with Crippen molar-refractivity contribution in [1.82, 2.24) is 0 Å². The van der Waals surface area contributed by atoms with Crippen LogP contribution in [0.4, 0.5) is 30.7 Å². The van der Waals surface area contributed by atoms with Gasteiger partial charge in [-0.2, -0.15) is 4.39 Å². The minimum absolute atomic E-state index is 0.259. The first kappa shape index (κ1) is 21.1. The highest BCUT2D eigenvalue weighted by molar-refractivity contribution is 5.89. The van der Waals surface area contributed by atoms with Crippen molar-refractivity contribution in [2.45, 2.75) is 6.92 Å². The zero-order chi connectivity index (χ0) is 21.0. The average molecular weight is 400 g/mol. The van der Waals surface area contributed by atoms with Gasteiger partial charge in [-0.05, 0) is 30.2 Å². The zero-order valence-corrected chi connectivity index (χ0v) is 14.2. The lowest BCUT2D eigenvalue weighted by atomic mass is 10.0. The number of carbonyl (C=O) groups excluding carboxylic acids is 1. The van der Waals surface area contributed by atoms with Crippen LogP contribution in [-0.2, 0) is 0 Å². The van der Waals surface area contributed by atoms with E-state index in [4.69, 9.17) is 0 Å². The van der Waals surface area contributed by atoms with Gasteiger partial charge in [0.15, 0.2) is 17.5 Å². The summed E-state index contributed by atoms with van der Waals surface area (Å²) in [7, 11) is 0. The minimum Gasteiger partial charge on any atom is -0.255 e. The molecule has 0 saturated heterocycles. The van der Waals surface area contributed by atoms with E-state index in [2.05, 4.69) is 0 Å². The number of carbonyl (C=O) groups is 1.